The molecular weight excluding hydrogens is 388 g/mol. The molecule has 4 aliphatic rings. The van der Waals surface area contributed by atoms with Gasteiger partial charge in [-0.1, -0.05) is 48.5 Å². The summed E-state index contributed by atoms with van der Waals surface area (Å²) < 4.78 is 0. The highest BCUT2D eigenvalue weighted by Crippen LogP contribution is 2.63. The second-order valence-corrected chi connectivity index (χ2v) is 8.31. The molecule has 3 aliphatic carbocycles. The van der Waals surface area contributed by atoms with Crippen molar-refractivity contribution in [1.82, 2.24) is 0 Å². The first-order valence-electron chi connectivity index (χ1n) is 10.2. The van der Waals surface area contributed by atoms with E-state index in [-0.39, 0.29) is 17.7 Å². The van der Waals surface area contributed by atoms with Gasteiger partial charge in [0.15, 0.2) is 0 Å². The van der Waals surface area contributed by atoms with E-state index in [2.05, 4.69) is 0 Å². The lowest BCUT2D eigenvalue weighted by Gasteiger charge is -2.51. The Balaban J connectivity index is 1.62. The molecule has 7 rings (SSSR count). The average molecular weight is 404 g/mol. The molecule has 148 valence electrons. The largest absolute Gasteiger partial charge is 0.302 e. The van der Waals surface area contributed by atoms with Gasteiger partial charge in [0.1, 0.15) is 6.29 Å². The first-order valence-corrected chi connectivity index (χ1v) is 10.2. The zero-order valence-corrected chi connectivity index (χ0v) is 16.4. The van der Waals surface area contributed by atoms with E-state index in [1.54, 1.807) is 24.3 Å². The quantitative estimate of drug-likeness (QED) is 0.485. The first kappa shape index (κ1) is 17.8. The summed E-state index contributed by atoms with van der Waals surface area (Å²) in [6, 6.07) is 23.8. The van der Waals surface area contributed by atoms with Crippen molar-refractivity contribution >= 4 is 23.8 Å². The van der Waals surface area contributed by atoms with Gasteiger partial charge < -0.3 is 4.79 Å². The van der Waals surface area contributed by atoms with Crippen LogP contribution in [0, 0.1) is 23.2 Å². The fraction of sp³-hybridized carbons (Fsp3) is 0.154. The van der Waals surface area contributed by atoms with Crippen LogP contribution in [0.3, 0.4) is 0 Å². The molecule has 3 aromatic rings. The van der Waals surface area contributed by atoms with Crippen molar-refractivity contribution in [2.24, 2.45) is 11.8 Å². The minimum absolute atomic E-state index is 0.279. The minimum atomic E-state index is -1.19. The minimum Gasteiger partial charge on any atom is -0.302 e. The predicted octanol–water partition coefficient (Wildman–Crippen LogP) is 3.31. The molecule has 1 saturated heterocycles. The van der Waals surface area contributed by atoms with Crippen molar-refractivity contribution < 1.29 is 14.4 Å². The molecule has 2 bridgehead atoms. The molecule has 1 heterocycles. The summed E-state index contributed by atoms with van der Waals surface area (Å²) in [6.07, 6.45) is 0.866. The lowest BCUT2D eigenvalue weighted by atomic mass is 9.48. The molecule has 3 aromatic carbocycles. The van der Waals surface area contributed by atoms with Crippen LogP contribution in [-0.2, 0) is 19.8 Å². The van der Waals surface area contributed by atoms with Gasteiger partial charge in [-0.3, -0.25) is 9.59 Å². The fourth-order valence-electron chi connectivity index (χ4n) is 5.97. The number of nitrogens with zero attached hydrogens (tertiary/aromatic N) is 2. The molecule has 0 spiro atoms. The lowest BCUT2D eigenvalue weighted by Crippen LogP contribution is -2.54. The number of carbonyl (C=O) groups is 3. The molecule has 0 radical (unpaired) electrons. The van der Waals surface area contributed by atoms with E-state index >= 15 is 0 Å². The number of hydrogen-bond acceptors (Lipinski definition) is 4. The molecule has 1 fully saturated rings. The summed E-state index contributed by atoms with van der Waals surface area (Å²) in [5, 5.41) is 9.07. The third kappa shape index (κ3) is 1.97. The van der Waals surface area contributed by atoms with Crippen molar-refractivity contribution in [2.45, 2.75) is 11.3 Å². The number of carbonyl (C=O) groups excluding carboxylic acids is 3. The predicted molar refractivity (Wildman–Crippen MR) is 112 cm³/mol. The van der Waals surface area contributed by atoms with Crippen molar-refractivity contribution in [2.75, 3.05) is 4.90 Å². The SMILES string of the molecule is N#Cc1ccc(N2C(=O)[C@@H]3C4c5ccccc5C(C=O)(c5ccccc54)[C@@H]3C2=O)cc1. The Morgan fingerprint density at radius 1 is 0.839 bits per heavy atom. The van der Waals surface area contributed by atoms with Crippen LogP contribution >= 0.6 is 0 Å². The molecule has 0 N–H and O–H groups in total. The molecule has 2 atom stereocenters. The van der Waals surface area contributed by atoms with Crippen molar-refractivity contribution in [1.29, 1.82) is 5.26 Å². The van der Waals surface area contributed by atoms with Gasteiger partial charge in [0.05, 0.1) is 34.6 Å². The molecule has 31 heavy (non-hydrogen) atoms. The van der Waals surface area contributed by atoms with E-state index in [1.807, 2.05) is 54.6 Å². The highest BCUT2D eigenvalue weighted by molar-refractivity contribution is 6.24. The average Bonchev–Trinajstić information content (AvgIpc) is 3.10. The Morgan fingerprint density at radius 2 is 1.42 bits per heavy atom. The van der Waals surface area contributed by atoms with Gasteiger partial charge in [0, 0.05) is 5.92 Å². The maximum Gasteiger partial charge on any atom is 0.239 e. The number of anilines is 1. The number of benzene rings is 3. The van der Waals surface area contributed by atoms with Crippen LogP contribution in [0.15, 0.2) is 72.8 Å². The van der Waals surface area contributed by atoms with Gasteiger partial charge in [-0.2, -0.15) is 5.26 Å². The van der Waals surface area contributed by atoms with Crippen LogP contribution in [-0.4, -0.2) is 18.1 Å². The van der Waals surface area contributed by atoms with Crippen LogP contribution in [0.4, 0.5) is 5.69 Å². The highest BCUT2D eigenvalue weighted by Gasteiger charge is 2.68. The summed E-state index contributed by atoms with van der Waals surface area (Å²) in [4.78, 5) is 41.5. The summed E-state index contributed by atoms with van der Waals surface area (Å²) in [7, 11) is 0. The molecule has 2 amide bonds. The van der Waals surface area contributed by atoms with E-state index in [4.69, 9.17) is 5.26 Å². The Bertz CT molecular complexity index is 1290. The van der Waals surface area contributed by atoms with Gasteiger partial charge in [-0.15, -0.1) is 0 Å². The standard InChI is InChI=1S/C26H16N2O3/c27-13-15-9-11-16(12-10-15)28-24(30)22-21-17-5-1-3-7-19(17)26(14-29,23(22)25(28)31)20-8-4-2-6-18(20)21/h1-12,14,21-23H/t21?,22-,23+,26?/m1/s1. The van der Waals surface area contributed by atoms with Crippen molar-refractivity contribution in [3.05, 3.63) is 101 Å². The third-order valence-electron chi connectivity index (χ3n) is 7.12. The van der Waals surface area contributed by atoms with E-state index < -0.39 is 17.3 Å². The number of imide groups is 1. The van der Waals surface area contributed by atoms with Crippen LogP contribution < -0.4 is 4.90 Å². The topological polar surface area (TPSA) is 78.2 Å². The molecule has 5 heteroatoms. The number of nitriles is 1. The smallest absolute Gasteiger partial charge is 0.239 e. The number of rotatable bonds is 2. The number of amides is 2. The monoisotopic (exact) mass is 404 g/mol. The summed E-state index contributed by atoms with van der Waals surface area (Å²) in [6.45, 7) is 0. The highest BCUT2D eigenvalue weighted by atomic mass is 16.2. The van der Waals surface area contributed by atoms with E-state index in [1.165, 1.54) is 4.90 Å². The van der Waals surface area contributed by atoms with E-state index in [0.717, 1.165) is 28.5 Å². The molecule has 1 aliphatic heterocycles. The van der Waals surface area contributed by atoms with Crippen LogP contribution in [0.2, 0.25) is 0 Å². The van der Waals surface area contributed by atoms with Gasteiger partial charge in [0.2, 0.25) is 11.8 Å². The van der Waals surface area contributed by atoms with Crippen LogP contribution in [0.5, 0.6) is 0 Å². The normalized spacial score (nSPS) is 27.3. The molecule has 0 saturated carbocycles. The molecule has 0 unspecified atom stereocenters. The summed E-state index contributed by atoms with van der Waals surface area (Å²) in [5.41, 5.74) is 3.20. The second-order valence-electron chi connectivity index (χ2n) is 8.31. The zero-order valence-electron chi connectivity index (χ0n) is 16.4. The fourth-order valence-corrected chi connectivity index (χ4v) is 5.97. The van der Waals surface area contributed by atoms with Gasteiger partial charge in [0.25, 0.3) is 0 Å². The maximum atomic E-state index is 13.8. The molecule has 5 nitrogen and oxygen atoms in total. The first-order chi connectivity index (χ1) is 15.1. The number of hydrogen-bond donors (Lipinski definition) is 0. The number of aldehydes is 1. The van der Waals surface area contributed by atoms with Crippen molar-refractivity contribution in [3.63, 3.8) is 0 Å². The summed E-state index contributed by atoms with van der Waals surface area (Å²) in [5.74, 6) is -2.36. The van der Waals surface area contributed by atoms with Gasteiger partial charge in [-0.05, 0) is 46.5 Å². The van der Waals surface area contributed by atoms with E-state index in [9.17, 15) is 14.4 Å². The summed E-state index contributed by atoms with van der Waals surface area (Å²) >= 11 is 0. The zero-order chi connectivity index (χ0) is 21.3. The van der Waals surface area contributed by atoms with Gasteiger partial charge >= 0.3 is 0 Å². The Kier molecular flexibility index (Phi) is 3.44. The van der Waals surface area contributed by atoms with Crippen LogP contribution in [0.25, 0.3) is 0 Å². The third-order valence-corrected chi connectivity index (χ3v) is 7.12. The Morgan fingerprint density at radius 3 is 1.97 bits per heavy atom. The van der Waals surface area contributed by atoms with Crippen LogP contribution in [0.1, 0.15) is 33.7 Å². The lowest BCUT2D eigenvalue weighted by molar-refractivity contribution is -0.128. The van der Waals surface area contributed by atoms with E-state index in [0.29, 0.717) is 11.3 Å². The molecule has 0 aromatic heterocycles. The second kappa shape index (κ2) is 5.99. The Hall–Kier alpha value is -4.04. The Labute approximate surface area is 178 Å². The van der Waals surface area contributed by atoms with Gasteiger partial charge in [-0.25, -0.2) is 4.90 Å². The molecular formula is C26H16N2O3. The van der Waals surface area contributed by atoms with Crippen molar-refractivity contribution in [3.8, 4) is 6.07 Å². The maximum absolute atomic E-state index is 13.8.